The van der Waals surface area contributed by atoms with Crippen LogP contribution in [0.15, 0.2) is 72.6 Å². The summed E-state index contributed by atoms with van der Waals surface area (Å²) in [5.41, 5.74) is 4.19. The molecule has 2 aromatic carbocycles. The minimum atomic E-state index is -1.63. The minimum absolute atomic E-state index is 0.0953. The first kappa shape index (κ1) is 31.0. The molecule has 0 saturated carbocycles. The summed E-state index contributed by atoms with van der Waals surface area (Å²) in [5.74, 6) is -2.59. The molecule has 0 spiro atoms. The van der Waals surface area contributed by atoms with Crippen LogP contribution in [0.5, 0.6) is 0 Å². The van der Waals surface area contributed by atoms with Crippen molar-refractivity contribution in [2.75, 3.05) is 10.2 Å². The Bertz CT molecular complexity index is 1490. The number of hydrogen-bond acceptors (Lipinski definition) is 6. The number of carbonyl (C=O) groups is 4. The third-order valence-corrected chi connectivity index (χ3v) is 7.82. The van der Waals surface area contributed by atoms with E-state index in [2.05, 4.69) is 31.7 Å². The van der Waals surface area contributed by atoms with Gasteiger partial charge in [-0.1, -0.05) is 85.2 Å². The van der Waals surface area contributed by atoms with Gasteiger partial charge in [-0.25, -0.2) is 0 Å². The van der Waals surface area contributed by atoms with Gasteiger partial charge in [0, 0.05) is 29.9 Å². The van der Waals surface area contributed by atoms with E-state index in [0.29, 0.717) is 11.4 Å². The van der Waals surface area contributed by atoms with Crippen LogP contribution < -0.4 is 15.7 Å². The number of anilines is 1. The molecule has 222 valence electrons. The van der Waals surface area contributed by atoms with Crippen molar-refractivity contribution in [2.24, 2.45) is 5.92 Å². The number of fused-ring (bicyclic) bond motifs is 1. The first-order valence-corrected chi connectivity index (χ1v) is 14.9. The van der Waals surface area contributed by atoms with Crippen molar-refractivity contribution in [3.8, 4) is 0 Å². The third-order valence-electron chi connectivity index (χ3n) is 7.26. The Morgan fingerprint density at radius 2 is 1.76 bits per heavy atom. The zero-order valence-electron chi connectivity index (χ0n) is 23.7. The van der Waals surface area contributed by atoms with E-state index in [1.165, 1.54) is 0 Å². The molecule has 0 saturated heterocycles. The van der Waals surface area contributed by atoms with E-state index in [9.17, 15) is 24.3 Å². The summed E-state index contributed by atoms with van der Waals surface area (Å²) in [6.07, 6.45) is 3.23. The first-order valence-electron chi connectivity index (χ1n) is 13.8. The minimum Gasteiger partial charge on any atom is -0.481 e. The fourth-order valence-electron chi connectivity index (χ4n) is 5.24. The van der Waals surface area contributed by atoms with Crippen LogP contribution in [-0.4, -0.2) is 56.7 Å². The summed E-state index contributed by atoms with van der Waals surface area (Å²) in [6.45, 7) is 5.75. The number of benzene rings is 2. The summed E-state index contributed by atoms with van der Waals surface area (Å²) in [7, 11) is 0. The molecule has 11 heteroatoms. The normalized spacial score (nSPS) is 17.8. The molecule has 2 heterocycles. The van der Waals surface area contributed by atoms with Gasteiger partial charge < -0.3 is 20.3 Å². The van der Waals surface area contributed by atoms with Crippen LogP contribution >= 0.6 is 15.9 Å². The summed E-state index contributed by atoms with van der Waals surface area (Å²) >= 11 is 3.07. The third kappa shape index (κ3) is 6.57. The van der Waals surface area contributed by atoms with Gasteiger partial charge in [-0.3, -0.25) is 29.5 Å². The predicted octanol–water partition coefficient (Wildman–Crippen LogP) is 4.26. The number of nitrogens with zero attached hydrogens (tertiary/aromatic N) is 1. The second kappa shape index (κ2) is 13.3. The van der Waals surface area contributed by atoms with Crippen molar-refractivity contribution in [1.29, 1.82) is 0 Å². The number of carbonyl (C=O) groups excluding carboxylic acids is 3. The molecule has 2 amide bonds. The number of ketones is 1. The molecular weight excluding hydrogens is 604 g/mol. The van der Waals surface area contributed by atoms with Crippen molar-refractivity contribution in [3.63, 3.8) is 0 Å². The fraction of sp³-hybridized carbons (Fsp3) is 0.355. The van der Waals surface area contributed by atoms with Gasteiger partial charge in [0.25, 0.3) is 5.91 Å². The van der Waals surface area contributed by atoms with E-state index in [1.54, 1.807) is 24.1 Å². The maximum absolute atomic E-state index is 13.9. The van der Waals surface area contributed by atoms with Crippen molar-refractivity contribution in [2.45, 2.75) is 57.7 Å². The number of Topliss-reactive ketones (excluding diaryl/α,β-unsaturated/α-hetero) is 1. The lowest BCUT2D eigenvalue weighted by molar-refractivity contribution is -0.147. The second-order valence-electron chi connectivity index (χ2n) is 10.6. The highest BCUT2D eigenvalue weighted by Gasteiger charge is 2.47. The number of hydrogen-bond donors (Lipinski definition) is 4. The van der Waals surface area contributed by atoms with Gasteiger partial charge in [-0.05, 0) is 23.6 Å². The van der Waals surface area contributed by atoms with E-state index in [1.807, 2.05) is 68.4 Å². The number of nitrogens with one attached hydrogen (secondary N) is 3. The summed E-state index contributed by atoms with van der Waals surface area (Å²) in [6, 6.07) is 15.1. The van der Waals surface area contributed by atoms with Crippen LogP contribution in [0.1, 0.15) is 39.2 Å². The zero-order valence-corrected chi connectivity index (χ0v) is 25.3. The molecule has 3 atom stereocenters. The number of aliphatic carboxylic acids is 1. The molecule has 1 aliphatic heterocycles. The van der Waals surface area contributed by atoms with Gasteiger partial charge in [-0.2, -0.15) is 0 Å². The first-order chi connectivity index (χ1) is 20.1. The molecule has 4 rings (SSSR count). The summed E-state index contributed by atoms with van der Waals surface area (Å²) < 4.78 is 0. The molecule has 1 aromatic heterocycles. The number of aromatic amines is 1. The number of H-pyrrole nitrogens is 1. The SMILES string of the molecule is CCC(=O)N(c1c[nH]c2ccccc12)[C@H](C1=CC(Cc2ccccc2)(C(=O)N[C@@H](CC(=O)O)C(=O)CBr)ON1)C(C)C. The van der Waals surface area contributed by atoms with Gasteiger partial charge in [0.05, 0.1) is 35.2 Å². The van der Waals surface area contributed by atoms with Crippen LogP contribution in [0, 0.1) is 5.92 Å². The topological polar surface area (TPSA) is 141 Å². The maximum Gasteiger partial charge on any atom is 0.305 e. The van der Waals surface area contributed by atoms with Gasteiger partial charge in [0.2, 0.25) is 5.91 Å². The number of alkyl halides is 1. The molecule has 1 aliphatic rings. The standard InChI is InChI=1S/C31H35BrN4O6/c1-4-27(38)36(25-18-33-22-13-9-8-12-21(22)25)29(19(2)3)24-16-31(42-35-24,15-20-10-6-5-7-11-20)30(41)34-23(14-28(39)40)26(37)17-32/h5-13,16,18-19,23,29,33,35H,4,14-15,17H2,1-3H3,(H,34,41)(H,39,40)/t23-,29-,31?/m0/s1. The number of rotatable bonds is 13. The average Bonchev–Trinajstić information content (AvgIpc) is 3.60. The average molecular weight is 640 g/mol. The van der Waals surface area contributed by atoms with E-state index in [-0.39, 0.29) is 30.0 Å². The van der Waals surface area contributed by atoms with E-state index < -0.39 is 41.8 Å². The monoisotopic (exact) mass is 638 g/mol. The number of aromatic nitrogens is 1. The number of halogens is 1. The maximum atomic E-state index is 13.9. The van der Waals surface area contributed by atoms with Gasteiger partial charge in [-0.15, -0.1) is 0 Å². The molecule has 4 N–H and O–H groups in total. The summed E-state index contributed by atoms with van der Waals surface area (Å²) in [4.78, 5) is 62.5. The van der Waals surface area contributed by atoms with Crippen LogP contribution in [0.4, 0.5) is 5.69 Å². The van der Waals surface area contributed by atoms with Crippen LogP contribution in [0.3, 0.4) is 0 Å². The lowest BCUT2D eigenvalue weighted by atomic mass is 9.89. The number of amides is 2. The highest BCUT2D eigenvalue weighted by Crippen LogP contribution is 2.36. The highest BCUT2D eigenvalue weighted by atomic mass is 79.9. The molecule has 1 unspecified atom stereocenters. The van der Waals surface area contributed by atoms with Crippen LogP contribution in [-0.2, 0) is 30.4 Å². The molecule has 0 bridgehead atoms. The Hall–Kier alpha value is -3.96. The van der Waals surface area contributed by atoms with Gasteiger partial charge >= 0.3 is 5.97 Å². The van der Waals surface area contributed by atoms with E-state index in [4.69, 9.17) is 4.84 Å². The Morgan fingerprint density at radius 1 is 1.07 bits per heavy atom. The molecule has 10 nitrogen and oxygen atoms in total. The lowest BCUT2D eigenvalue weighted by Crippen LogP contribution is -2.54. The fourth-order valence-corrected chi connectivity index (χ4v) is 5.63. The molecule has 0 radical (unpaired) electrons. The number of hydroxylamine groups is 1. The zero-order chi connectivity index (χ0) is 30.4. The molecular formula is C31H35BrN4O6. The predicted molar refractivity (Wildman–Crippen MR) is 163 cm³/mol. The van der Waals surface area contributed by atoms with E-state index in [0.717, 1.165) is 16.5 Å². The van der Waals surface area contributed by atoms with Crippen molar-refractivity contribution in [1.82, 2.24) is 15.8 Å². The van der Waals surface area contributed by atoms with Gasteiger partial charge in [0.15, 0.2) is 11.4 Å². The number of carboxylic acids is 1. The van der Waals surface area contributed by atoms with Crippen molar-refractivity contribution in [3.05, 3.63) is 78.1 Å². The molecule has 0 aliphatic carbocycles. The Morgan fingerprint density at radius 3 is 2.40 bits per heavy atom. The Labute approximate surface area is 252 Å². The van der Waals surface area contributed by atoms with Crippen LogP contribution in [0.2, 0.25) is 0 Å². The molecule has 42 heavy (non-hydrogen) atoms. The molecule has 3 aromatic rings. The Kier molecular flexibility index (Phi) is 9.85. The van der Waals surface area contributed by atoms with Crippen LogP contribution in [0.25, 0.3) is 10.9 Å². The van der Waals surface area contributed by atoms with Crippen molar-refractivity contribution < 1.29 is 29.1 Å². The Balaban J connectivity index is 1.80. The van der Waals surface area contributed by atoms with Gasteiger partial charge in [0.1, 0.15) is 0 Å². The highest BCUT2D eigenvalue weighted by molar-refractivity contribution is 9.09. The largest absolute Gasteiger partial charge is 0.481 e. The lowest BCUT2D eigenvalue weighted by Gasteiger charge is -2.34. The smallest absolute Gasteiger partial charge is 0.305 e. The van der Waals surface area contributed by atoms with E-state index >= 15 is 0 Å². The quantitative estimate of drug-likeness (QED) is 0.205. The van der Waals surface area contributed by atoms with Crippen molar-refractivity contribution >= 4 is 56.1 Å². The summed E-state index contributed by atoms with van der Waals surface area (Å²) in [5, 5.41) is 12.7. The second-order valence-corrected chi connectivity index (χ2v) is 11.2. The number of carboxylic acid groups (broad SMARTS) is 1. The molecule has 0 fully saturated rings. The number of para-hydroxylation sites is 1.